The van der Waals surface area contributed by atoms with Crippen LogP contribution in [0.4, 0.5) is 0 Å². The molecule has 2 aromatic rings. The molecule has 0 bridgehead atoms. The fourth-order valence-corrected chi connectivity index (χ4v) is 3.03. The van der Waals surface area contributed by atoms with Gasteiger partial charge in [0, 0.05) is 12.5 Å². The van der Waals surface area contributed by atoms with Crippen LogP contribution in [0.1, 0.15) is 23.5 Å². The molecule has 0 amide bonds. The zero-order valence-corrected chi connectivity index (χ0v) is 13.1. The van der Waals surface area contributed by atoms with E-state index in [2.05, 4.69) is 29.0 Å². The van der Waals surface area contributed by atoms with Crippen LogP contribution in [0.25, 0.3) is 0 Å². The van der Waals surface area contributed by atoms with Crippen molar-refractivity contribution in [1.29, 1.82) is 0 Å². The van der Waals surface area contributed by atoms with Crippen molar-refractivity contribution in [3.05, 3.63) is 71.8 Å². The van der Waals surface area contributed by atoms with Crippen LogP contribution in [-0.2, 0) is 10.0 Å². The van der Waals surface area contributed by atoms with Crippen LogP contribution in [0.3, 0.4) is 0 Å². The van der Waals surface area contributed by atoms with Gasteiger partial charge in [-0.1, -0.05) is 60.7 Å². The van der Waals surface area contributed by atoms with Gasteiger partial charge in [-0.05, 0) is 17.5 Å². The van der Waals surface area contributed by atoms with Gasteiger partial charge in [0.25, 0.3) is 0 Å². The molecule has 0 saturated heterocycles. The number of alkyl halides is 1. The van der Waals surface area contributed by atoms with Gasteiger partial charge < -0.3 is 0 Å². The van der Waals surface area contributed by atoms with Crippen molar-refractivity contribution >= 4 is 21.6 Å². The van der Waals surface area contributed by atoms with E-state index < -0.39 is 15.2 Å². The maximum absolute atomic E-state index is 11.4. The average molecular weight is 324 g/mol. The molecule has 112 valence electrons. The summed E-state index contributed by atoms with van der Waals surface area (Å²) in [5.74, 6) is 0.158. The van der Waals surface area contributed by atoms with Crippen molar-refractivity contribution in [1.82, 2.24) is 4.72 Å². The van der Waals surface area contributed by atoms with Crippen molar-refractivity contribution < 1.29 is 8.42 Å². The molecule has 0 heterocycles. The Labute approximate surface area is 131 Å². The average Bonchev–Trinajstić information content (AvgIpc) is 2.53. The lowest BCUT2D eigenvalue weighted by Crippen LogP contribution is -2.26. The number of hydrogen-bond donors (Lipinski definition) is 1. The lowest BCUT2D eigenvalue weighted by Gasteiger charge is -2.18. The summed E-state index contributed by atoms with van der Waals surface area (Å²) in [5.41, 5.74) is 2.35. The molecule has 3 nitrogen and oxygen atoms in total. The highest BCUT2D eigenvalue weighted by atomic mass is 35.5. The summed E-state index contributed by atoms with van der Waals surface area (Å²) in [6.07, 6.45) is 0.685. The van der Waals surface area contributed by atoms with Gasteiger partial charge in [-0.25, -0.2) is 13.1 Å². The largest absolute Gasteiger partial charge is 0.225 e. The Hall–Kier alpha value is -1.36. The molecule has 0 fully saturated rings. The lowest BCUT2D eigenvalue weighted by atomic mass is 9.89. The molecule has 2 rings (SSSR count). The highest BCUT2D eigenvalue weighted by Crippen LogP contribution is 2.27. The summed E-state index contributed by atoms with van der Waals surface area (Å²) in [6.45, 7) is 0.365. The standard InChI is InChI=1S/C16H18ClNO2S/c17-13-21(19,20)18-12-11-16(14-7-3-1-4-8-14)15-9-5-2-6-10-15/h1-10,16,18H,11-13H2. The molecule has 2 aromatic carbocycles. The Morgan fingerprint density at radius 3 is 1.81 bits per heavy atom. The Kier molecular flexibility index (Phi) is 5.79. The summed E-state index contributed by atoms with van der Waals surface area (Å²) >= 11 is 5.39. The SMILES string of the molecule is O=S(=O)(CCl)NCCC(c1ccccc1)c1ccccc1. The molecule has 21 heavy (non-hydrogen) atoms. The first-order chi connectivity index (χ1) is 10.1. The van der Waals surface area contributed by atoms with Crippen LogP contribution in [0.2, 0.25) is 0 Å². The van der Waals surface area contributed by atoms with Gasteiger partial charge in [-0.15, -0.1) is 11.6 Å². The number of rotatable bonds is 7. The minimum atomic E-state index is -3.36. The van der Waals surface area contributed by atoms with E-state index in [1.54, 1.807) is 0 Å². The maximum Gasteiger partial charge on any atom is 0.225 e. The van der Waals surface area contributed by atoms with Crippen molar-refractivity contribution in [2.75, 3.05) is 11.8 Å². The molecular formula is C16H18ClNO2S. The summed E-state index contributed by atoms with van der Waals surface area (Å²) in [5, 5.41) is -0.408. The van der Waals surface area contributed by atoms with Gasteiger partial charge in [-0.2, -0.15) is 0 Å². The Morgan fingerprint density at radius 1 is 0.905 bits per heavy atom. The second-order valence-electron chi connectivity index (χ2n) is 4.78. The van der Waals surface area contributed by atoms with Crippen LogP contribution < -0.4 is 4.72 Å². The summed E-state index contributed by atoms with van der Waals surface area (Å²) in [6, 6.07) is 20.2. The van der Waals surface area contributed by atoms with Gasteiger partial charge in [-0.3, -0.25) is 0 Å². The molecule has 1 N–H and O–H groups in total. The van der Waals surface area contributed by atoms with E-state index in [9.17, 15) is 8.42 Å². The normalized spacial score (nSPS) is 11.7. The van der Waals surface area contributed by atoms with E-state index >= 15 is 0 Å². The predicted molar refractivity (Wildman–Crippen MR) is 87.0 cm³/mol. The number of halogens is 1. The van der Waals surface area contributed by atoms with E-state index in [-0.39, 0.29) is 5.92 Å². The Bertz CT molecular complexity index is 605. The minimum absolute atomic E-state index is 0.158. The highest BCUT2D eigenvalue weighted by Gasteiger charge is 2.15. The highest BCUT2D eigenvalue weighted by molar-refractivity contribution is 7.90. The third-order valence-electron chi connectivity index (χ3n) is 3.30. The predicted octanol–water partition coefficient (Wildman–Crippen LogP) is 3.32. The van der Waals surface area contributed by atoms with Crippen molar-refractivity contribution in [2.45, 2.75) is 12.3 Å². The number of nitrogens with one attached hydrogen (secondary N) is 1. The van der Waals surface area contributed by atoms with Gasteiger partial charge in [0.05, 0.1) is 0 Å². The quantitative estimate of drug-likeness (QED) is 0.794. The molecule has 0 aliphatic rings. The third kappa shape index (κ3) is 4.84. The van der Waals surface area contributed by atoms with Crippen molar-refractivity contribution in [3.63, 3.8) is 0 Å². The molecular weight excluding hydrogens is 306 g/mol. The first kappa shape index (κ1) is 16.0. The van der Waals surface area contributed by atoms with E-state index in [1.807, 2.05) is 36.4 Å². The molecule has 0 atom stereocenters. The first-order valence-corrected chi connectivity index (χ1v) is 8.94. The summed E-state index contributed by atoms with van der Waals surface area (Å²) in [4.78, 5) is 0. The second-order valence-corrected chi connectivity index (χ2v) is 7.17. The molecule has 0 aliphatic carbocycles. The molecule has 0 aliphatic heterocycles. The zero-order chi connectivity index (χ0) is 15.1. The van der Waals surface area contributed by atoms with Gasteiger partial charge in [0.15, 0.2) is 0 Å². The van der Waals surface area contributed by atoms with Crippen molar-refractivity contribution in [2.24, 2.45) is 0 Å². The van der Waals surface area contributed by atoms with Crippen LogP contribution in [0, 0.1) is 0 Å². The minimum Gasteiger partial charge on any atom is -0.214 e. The third-order valence-corrected chi connectivity index (χ3v) is 5.10. The Morgan fingerprint density at radius 2 is 1.38 bits per heavy atom. The summed E-state index contributed by atoms with van der Waals surface area (Å²) < 4.78 is 25.3. The smallest absolute Gasteiger partial charge is 0.214 e. The van der Waals surface area contributed by atoms with E-state index in [4.69, 9.17) is 11.6 Å². The first-order valence-electron chi connectivity index (χ1n) is 6.75. The van der Waals surface area contributed by atoms with Crippen LogP contribution >= 0.6 is 11.6 Å². The van der Waals surface area contributed by atoms with Crippen LogP contribution in [0.15, 0.2) is 60.7 Å². The maximum atomic E-state index is 11.4. The van der Waals surface area contributed by atoms with Crippen LogP contribution in [0.5, 0.6) is 0 Å². The number of hydrogen-bond acceptors (Lipinski definition) is 2. The fraction of sp³-hybridized carbons (Fsp3) is 0.250. The van der Waals surface area contributed by atoms with E-state index in [0.29, 0.717) is 13.0 Å². The molecule has 0 radical (unpaired) electrons. The van der Waals surface area contributed by atoms with E-state index in [0.717, 1.165) is 0 Å². The monoisotopic (exact) mass is 323 g/mol. The molecule has 0 saturated carbocycles. The zero-order valence-electron chi connectivity index (χ0n) is 11.6. The molecule has 0 unspecified atom stereocenters. The summed E-state index contributed by atoms with van der Waals surface area (Å²) in [7, 11) is -3.36. The fourth-order valence-electron chi connectivity index (χ4n) is 2.29. The topological polar surface area (TPSA) is 46.2 Å². The lowest BCUT2D eigenvalue weighted by molar-refractivity contribution is 0.579. The second kappa shape index (κ2) is 7.59. The van der Waals surface area contributed by atoms with Crippen molar-refractivity contribution in [3.8, 4) is 0 Å². The molecule has 5 heteroatoms. The number of sulfonamides is 1. The molecule has 0 aromatic heterocycles. The number of benzene rings is 2. The molecule has 0 spiro atoms. The van der Waals surface area contributed by atoms with Crippen LogP contribution in [-0.4, -0.2) is 20.2 Å². The Balaban J connectivity index is 2.14. The van der Waals surface area contributed by atoms with Gasteiger partial charge in [0.2, 0.25) is 10.0 Å². The van der Waals surface area contributed by atoms with Gasteiger partial charge >= 0.3 is 0 Å². The van der Waals surface area contributed by atoms with Gasteiger partial charge in [0.1, 0.15) is 5.21 Å². The van der Waals surface area contributed by atoms with E-state index in [1.165, 1.54) is 11.1 Å².